The summed E-state index contributed by atoms with van der Waals surface area (Å²) < 4.78 is 0. The Balaban J connectivity index is 1.20. The number of hydrazone groups is 1. The highest BCUT2D eigenvalue weighted by Crippen LogP contribution is 2.34. The molecular formula is C38H39N3O3. The van der Waals surface area contributed by atoms with Crippen molar-refractivity contribution in [2.75, 3.05) is 23.0 Å². The average molecular weight is 586 g/mol. The van der Waals surface area contributed by atoms with Crippen molar-refractivity contribution in [2.24, 2.45) is 5.10 Å². The number of anilines is 2. The van der Waals surface area contributed by atoms with Crippen LogP contribution < -0.4 is 9.91 Å². The lowest BCUT2D eigenvalue weighted by Gasteiger charge is -2.32. The van der Waals surface area contributed by atoms with Crippen molar-refractivity contribution >= 4 is 45.8 Å². The van der Waals surface area contributed by atoms with Gasteiger partial charge in [-0.3, -0.25) is 4.79 Å². The lowest BCUT2D eigenvalue weighted by Crippen LogP contribution is -2.30. The number of amides is 1. The zero-order chi connectivity index (χ0) is 30.5. The fourth-order valence-electron chi connectivity index (χ4n) is 6.32. The van der Waals surface area contributed by atoms with Crippen LogP contribution in [0.3, 0.4) is 0 Å². The van der Waals surface area contributed by atoms with Gasteiger partial charge in [0.1, 0.15) is 0 Å². The molecule has 0 unspecified atom stereocenters. The molecule has 2 aliphatic rings. The van der Waals surface area contributed by atoms with E-state index in [1.807, 2.05) is 24.3 Å². The molecule has 0 fully saturated rings. The van der Waals surface area contributed by atoms with Crippen molar-refractivity contribution in [1.82, 2.24) is 0 Å². The quantitative estimate of drug-likeness (QED) is 0.142. The molecule has 0 spiro atoms. The molecule has 6 rings (SSSR count). The van der Waals surface area contributed by atoms with Crippen LogP contribution in [0.4, 0.5) is 11.4 Å². The minimum Gasteiger partial charge on any atom is -0.476 e. The van der Waals surface area contributed by atoms with E-state index in [9.17, 15) is 14.7 Å². The second-order valence-electron chi connectivity index (χ2n) is 11.8. The van der Waals surface area contributed by atoms with E-state index >= 15 is 0 Å². The number of unbranched alkanes of at least 4 members (excludes halogenated alkanes) is 5. The molecule has 0 atom stereocenters. The fraction of sp³-hybridized carbons (Fsp3) is 0.289. The first-order valence-corrected chi connectivity index (χ1v) is 15.9. The molecule has 6 nitrogen and oxygen atoms in total. The Morgan fingerprint density at radius 1 is 0.864 bits per heavy atom. The summed E-state index contributed by atoms with van der Waals surface area (Å²) in [6.45, 7) is 4.55. The van der Waals surface area contributed by atoms with Gasteiger partial charge in [0.25, 0.3) is 5.91 Å². The van der Waals surface area contributed by atoms with E-state index in [1.165, 1.54) is 67.3 Å². The molecule has 0 bridgehead atoms. The molecule has 0 aromatic heterocycles. The van der Waals surface area contributed by atoms with Crippen molar-refractivity contribution in [3.05, 3.63) is 102 Å². The van der Waals surface area contributed by atoms with Gasteiger partial charge in [-0.2, -0.15) is 10.1 Å². The lowest BCUT2D eigenvalue weighted by atomic mass is 9.94. The van der Waals surface area contributed by atoms with Crippen LogP contribution in [0.1, 0.15) is 63.0 Å². The first-order chi connectivity index (χ1) is 21.5. The number of aliphatic carboxylic acids is 1. The van der Waals surface area contributed by atoms with E-state index in [2.05, 4.69) is 53.3 Å². The van der Waals surface area contributed by atoms with E-state index < -0.39 is 11.9 Å². The lowest BCUT2D eigenvalue weighted by molar-refractivity contribution is -0.129. The number of aryl methyl sites for hydroxylation is 1. The summed E-state index contributed by atoms with van der Waals surface area (Å²) in [7, 11) is 0. The molecule has 0 radical (unpaired) electrons. The number of rotatable bonds is 11. The fourth-order valence-corrected chi connectivity index (χ4v) is 6.32. The predicted molar refractivity (Wildman–Crippen MR) is 180 cm³/mol. The summed E-state index contributed by atoms with van der Waals surface area (Å²) >= 11 is 0. The van der Waals surface area contributed by atoms with Gasteiger partial charge in [-0.15, -0.1) is 0 Å². The van der Waals surface area contributed by atoms with Crippen molar-refractivity contribution in [3.63, 3.8) is 0 Å². The highest BCUT2D eigenvalue weighted by Gasteiger charge is 2.35. The highest BCUT2D eigenvalue weighted by atomic mass is 16.4. The number of nitrogens with zero attached hydrogens (tertiary/aromatic N) is 3. The van der Waals surface area contributed by atoms with Crippen LogP contribution in [-0.4, -0.2) is 35.8 Å². The zero-order valence-electron chi connectivity index (χ0n) is 25.3. The zero-order valence-corrected chi connectivity index (χ0v) is 25.3. The van der Waals surface area contributed by atoms with Crippen LogP contribution in [0.5, 0.6) is 0 Å². The van der Waals surface area contributed by atoms with Gasteiger partial charge in [0.15, 0.2) is 5.71 Å². The van der Waals surface area contributed by atoms with Gasteiger partial charge in [0.2, 0.25) is 0 Å². The van der Waals surface area contributed by atoms with Crippen molar-refractivity contribution in [3.8, 4) is 11.1 Å². The Morgan fingerprint density at radius 2 is 1.59 bits per heavy atom. The molecule has 6 heteroatoms. The smallest absolute Gasteiger partial charge is 0.357 e. The summed E-state index contributed by atoms with van der Waals surface area (Å²) in [6.07, 6.45) is 11.8. The van der Waals surface area contributed by atoms with E-state index in [0.717, 1.165) is 40.9 Å². The normalized spacial score (nSPS) is 15.6. The maximum absolute atomic E-state index is 13.2. The second-order valence-corrected chi connectivity index (χ2v) is 11.8. The number of benzene rings is 4. The van der Waals surface area contributed by atoms with Crippen LogP contribution in [-0.2, 0) is 16.0 Å². The SMILES string of the molecule is CCCCCCCCN1CCCc2cc(-c3ccc4cc(/C=C5\C(=O)N(c6ccccc6)N=C5C(=O)O)ccc4c3)ccc21. The summed E-state index contributed by atoms with van der Waals surface area (Å²) in [5, 5.41) is 17.1. The molecule has 0 saturated carbocycles. The molecule has 224 valence electrons. The third-order valence-corrected chi connectivity index (χ3v) is 8.67. The standard InChI is InChI=1S/C38H39N3O3/c1-2-3-4-5-6-10-21-40-22-11-12-32-26-31(19-20-35(32)40)30-18-17-28-23-27(15-16-29(28)25-30)24-34-36(38(43)44)39-41(37(34)42)33-13-8-7-9-14-33/h7-9,13-20,23-26H,2-6,10-12,21-22H2,1H3,(H,43,44)/b34-24-. The third-order valence-electron chi connectivity index (χ3n) is 8.67. The van der Waals surface area contributed by atoms with Gasteiger partial charge >= 0.3 is 5.97 Å². The number of carboxylic acid groups (broad SMARTS) is 1. The van der Waals surface area contributed by atoms with Crippen LogP contribution in [0.2, 0.25) is 0 Å². The predicted octanol–water partition coefficient (Wildman–Crippen LogP) is 8.49. The van der Waals surface area contributed by atoms with Gasteiger partial charge in [-0.05, 0) is 94.8 Å². The minimum absolute atomic E-state index is 0.0666. The third kappa shape index (κ3) is 6.30. The number of hydrogen-bond acceptors (Lipinski definition) is 4. The first-order valence-electron chi connectivity index (χ1n) is 15.9. The second kappa shape index (κ2) is 13.3. The largest absolute Gasteiger partial charge is 0.476 e. The Morgan fingerprint density at radius 3 is 2.41 bits per heavy atom. The molecule has 1 amide bonds. The molecule has 4 aromatic carbocycles. The molecule has 2 heterocycles. The molecular weight excluding hydrogens is 546 g/mol. The molecule has 4 aromatic rings. The Labute approximate surface area is 259 Å². The number of para-hydroxylation sites is 1. The highest BCUT2D eigenvalue weighted by molar-refractivity contribution is 6.53. The Bertz CT molecular complexity index is 1740. The maximum Gasteiger partial charge on any atom is 0.357 e. The Kier molecular flexibility index (Phi) is 8.87. The first kappa shape index (κ1) is 29.4. The molecule has 2 aliphatic heterocycles. The van der Waals surface area contributed by atoms with E-state index in [0.29, 0.717) is 5.69 Å². The topological polar surface area (TPSA) is 73.2 Å². The number of carbonyl (C=O) groups is 2. The van der Waals surface area contributed by atoms with Crippen LogP contribution in [0.25, 0.3) is 28.0 Å². The van der Waals surface area contributed by atoms with Gasteiger partial charge in [-0.1, -0.05) is 87.6 Å². The number of carboxylic acids is 1. The summed E-state index contributed by atoms with van der Waals surface area (Å²) in [5.41, 5.74) is 6.30. The summed E-state index contributed by atoms with van der Waals surface area (Å²) in [4.78, 5) is 27.7. The van der Waals surface area contributed by atoms with E-state index in [-0.39, 0.29) is 11.3 Å². The average Bonchev–Trinajstić information content (AvgIpc) is 3.38. The van der Waals surface area contributed by atoms with E-state index in [1.54, 1.807) is 30.3 Å². The Hall–Kier alpha value is -4.71. The maximum atomic E-state index is 13.2. The van der Waals surface area contributed by atoms with Gasteiger partial charge < -0.3 is 10.0 Å². The van der Waals surface area contributed by atoms with Crippen LogP contribution in [0.15, 0.2) is 95.6 Å². The molecule has 0 saturated heterocycles. The number of fused-ring (bicyclic) bond motifs is 2. The monoisotopic (exact) mass is 585 g/mol. The van der Waals surface area contributed by atoms with E-state index in [4.69, 9.17) is 0 Å². The van der Waals surface area contributed by atoms with Gasteiger partial charge in [0.05, 0.1) is 11.3 Å². The number of carbonyl (C=O) groups excluding carboxylic acids is 1. The van der Waals surface area contributed by atoms with Gasteiger partial charge in [-0.25, -0.2) is 4.79 Å². The summed E-state index contributed by atoms with van der Waals surface area (Å²) in [5.74, 6) is -1.69. The van der Waals surface area contributed by atoms with Crippen molar-refractivity contribution < 1.29 is 14.7 Å². The van der Waals surface area contributed by atoms with Crippen LogP contribution >= 0.6 is 0 Å². The van der Waals surface area contributed by atoms with Crippen molar-refractivity contribution in [1.29, 1.82) is 0 Å². The molecule has 0 aliphatic carbocycles. The van der Waals surface area contributed by atoms with Gasteiger partial charge in [0, 0.05) is 18.8 Å². The minimum atomic E-state index is -1.23. The summed E-state index contributed by atoms with van der Waals surface area (Å²) in [6, 6.07) is 28.1. The van der Waals surface area contributed by atoms with Crippen LogP contribution in [0, 0.1) is 0 Å². The molecule has 44 heavy (non-hydrogen) atoms. The molecule has 1 N–H and O–H groups in total. The number of hydrogen-bond donors (Lipinski definition) is 1. The van der Waals surface area contributed by atoms with Crippen molar-refractivity contribution in [2.45, 2.75) is 58.3 Å².